The summed E-state index contributed by atoms with van der Waals surface area (Å²) in [7, 11) is 0. The third kappa shape index (κ3) is 5.04. The first-order chi connectivity index (χ1) is 13.7. The van der Waals surface area contributed by atoms with Crippen LogP contribution in [0.3, 0.4) is 0 Å². The van der Waals surface area contributed by atoms with Crippen LogP contribution in [0.2, 0.25) is 0 Å². The van der Waals surface area contributed by atoms with E-state index >= 15 is 0 Å². The van der Waals surface area contributed by atoms with Gasteiger partial charge in [0, 0.05) is 43.6 Å². The maximum absolute atomic E-state index is 4.64. The van der Waals surface area contributed by atoms with Crippen molar-refractivity contribution < 1.29 is 0 Å². The summed E-state index contributed by atoms with van der Waals surface area (Å²) >= 11 is 0. The zero-order chi connectivity index (χ0) is 19.2. The van der Waals surface area contributed by atoms with Crippen molar-refractivity contribution in [1.29, 1.82) is 0 Å². The fraction of sp³-hybridized carbons (Fsp3) is 0.318. The second-order valence-corrected chi connectivity index (χ2v) is 7.27. The second kappa shape index (κ2) is 8.80. The van der Waals surface area contributed by atoms with Crippen LogP contribution in [0.5, 0.6) is 0 Å². The summed E-state index contributed by atoms with van der Waals surface area (Å²) in [5, 5.41) is 6.82. The molecule has 0 saturated carbocycles. The number of nitrogens with one attached hydrogen (secondary N) is 2. The molecule has 0 atom stereocenters. The standard InChI is InChI=1S/C22H26N6/c1-17-14-21(27-22(24-17)26-20-8-5-11-23-15-20)25-19-9-12-28(13-10-19)16-18-6-3-2-4-7-18/h2-8,11,14-15,19H,9-10,12-13,16H2,1H3,(H2,24,25,26,27). The summed E-state index contributed by atoms with van der Waals surface area (Å²) in [6.07, 6.45) is 5.74. The molecule has 28 heavy (non-hydrogen) atoms. The predicted molar refractivity (Wildman–Crippen MR) is 113 cm³/mol. The smallest absolute Gasteiger partial charge is 0.229 e. The Morgan fingerprint density at radius 1 is 1.04 bits per heavy atom. The number of aryl methyl sites for hydroxylation is 1. The zero-order valence-corrected chi connectivity index (χ0v) is 16.2. The van der Waals surface area contributed by atoms with Crippen LogP contribution in [0, 0.1) is 6.92 Å². The van der Waals surface area contributed by atoms with E-state index in [1.165, 1.54) is 5.56 Å². The highest BCUT2D eigenvalue weighted by atomic mass is 15.2. The number of hydrogen-bond donors (Lipinski definition) is 2. The number of hydrogen-bond acceptors (Lipinski definition) is 6. The van der Waals surface area contributed by atoms with Gasteiger partial charge in [0.15, 0.2) is 0 Å². The first-order valence-corrected chi connectivity index (χ1v) is 9.80. The van der Waals surface area contributed by atoms with E-state index in [9.17, 15) is 0 Å². The molecule has 3 aromatic rings. The van der Waals surface area contributed by atoms with Gasteiger partial charge < -0.3 is 10.6 Å². The van der Waals surface area contributed by atoms with Gasteiger partial charge in [0.25, 0.3) is 0 Å². The molecule has 1 aliphatic heterocycles. The molecule has 0 bridgehead atoms. The van der Waals surface area contributed by atoms with Crippen molar-refractivity contribution in [2.75, 3.05) is 23.7 Å². The van der Waals surface area contributed by atoms with Crippen LogP contribution in [-0.4, -0.2) is 39.0 Å². The monoisotopic (exact) mass is 374 g/mol. The third-order valence-electron chi connectivity index (χ3n) is 4.96. The summed E-state index contributed by atoms with van der Waals surface area (Å²) in [4.78, 5) is 15.8. The fourth-order valence-electron chi connectivity index (χ4n) is 3.55. The molecule has 0 radical (unpaired) electrons. The van der Waals surface area contributed by atoms with Crippen LogP contribution in [-0.2, 0) is 6.54 Å². The molecule has 6 heteroatoms. The lowest BCUT2D eigenvalue weighted by atomic mass is 10.0. The minimum Gasteiger partial charge on any atom is -0.367 e. The lowest BCUT2D eigenvalue weighted by Gasteiger charge is -2.32. The molecular formula is C22H26N6. The Bertz CT molecular complexity index is 876. The Morgan fingerprint density at radius 3 is 2.61 bits per heavy atom. The summed E-state index contributed by atoms with van der Waals surface area (Å²) < 4.78 is 0. The number of likely N-dealkylation sites (tertiary alicyclic amines) is 1. The highest BCUT2D eigenvalue weighted by Crippen LogP contribution is 2.19. The normalized spacial score (nSPS) is 15.3. The molecule has 2 aromatic heterocycles. The van der Waals surface area contributed by atoms with Crippen molar-refractivity contribution in [3.63, 3.8) is 0 Å². The average molecular weight is 374 g/mol. The van der Waals surface area contributed by atoms with E-state index in [2.05, 4.69) is 60.8 Å². The first-order valence-electron chi connectivity index (χ1n) is 9.80. The van der Waals surface area contributed by atoms with Crippen molar-refractivity contribution in [2.24, 2.45) is 0 Å². The second-order valence-electron chi connectivity index (χ2n) is 7.27. The number of anilines is 3. The fourth-order valence-corrected chi connectivity index (χ4v) is 3.55. The molecule has 1 aliphatic rings. The Balaban J connectivity index is 1.33. The van der Waals surface area contributed by atoms with Gasteiger partial charge in [0.1, 0.15) is 5.82 Å². The quantitative estimate of drug-likeness (QED) is 0.680. The average Bonchev–Trinajstić information content (AvgIpc) is 2.71. The SMILES string of the molecule is Cc1cc(NC2CCN(Cc3ccccc3)CC2)nc(Nc2cccnc2)n1. The van der Waals surface area contributed by atoms with E-state index in [4.69, 9.17) is 0 Å². The number of aromatic nitrogens is 3. The van der Waals surface area contributed by atoms with Crippen LogP contribution in [0.15, 0.2) is 60.9 Å². The van der Waals surface area contributed by atoms with Gasteiger partial charge in [0.05, 0.1) is 11.9 Å². The topological polar surface area (TPSA) is 66.0 Å². The lowest BCUT2D eigenvalue weighted by molar-refractivity contribution is 0.211. The van der Waals surface area contributed by atoms with E-state index in [1.54, 1.807) is 12.4 Å². The summed E-state index contributed by atoms with van der Waals surface area (Å²) in [5.74, 6) is 1.47. The minimum atomic E-state index is 0.438. The summed E-state index contributed by atoms with van der Waals surface area (Å²) in [5.41, 5.74) is 3.20. The molecule has 144 valence electrons. The number of benzene rings is 1. The first kappa shape index (κ1) is 18.4. The number of piperidine rings is 1. The van der Waals surface area contributed by atoms with Crippen LogP contribution >= 0.6 is 0 Å². The molecule has 0 amide bonds. The molecule has 6 nitrogen and oxygen atoms in total. The van der Waals surface area contributed by atoms with Crippen LogP contribution in [0.1, 0.15) is 24.1 Å². The highest BCUT2D eigenvalue weighted by Gasteiger charge is 2.19. The molecule has 1 fully saturated rings. The van der Waals surface area contributed by atoms with Crippen LogP contribution in [0.4, 0.5) is 17.5 Å². The van der Waals surface area contributed by atoms with E-state index < -0.39 is 0 Å². The van der Waals surface area contributed by atoms with Gasteiger partial charge in [-0.3, -0.25) is 9.88 Å². The predicted octanol–water partition coefficient (Wildman–Crippen LogP) is 4.00. The molecule has 0 aliphatic carbocycles. The van der Waals surface area contributed by atoms with Crippen molar-refractivity contribution in [3.05, 3.63) is 72.2 Å². The Kier molecular flexibility index (Phi) is 5.77. The van der Waals surface area contributed by atoms with Gasteiger partial charge in [-0.25, -0.2) is 4.98 Å². The Morgan fingerprint density at radius 2 is 1.86 bits per heavy atom. The molecule has 1 saturated heterocycles. The summed E-state index contributed by atoms with van der Waals surface area (Å²) in [6.45, 7) is 5.21. The van der Waals surface area contributed by atoms with Gasteiger partial charge in [-0.05, 0) is 37.5 Å². The molecular weight excluding hydrogens is 348 g/mol. The van der Waals surface area contributed by atoms with Gasteiger partial charge >= 0.3 is 0 Å². The highest BCUT2D eigenvalue weighted by molar-refractivity contribution is 5.54. The van der Waals surface area contributed by atoms with Crippen molar-refractivity contribution in [3.8, 4) is 0 Å². The van der Waals surface area contributed by atoms with Gasteiger partial charge in [-0.1, -0.05) is 30.3 Å². The maximum atomic E-state index is 4.64. The Labute approximate surface area is 166 Å². The molecule has 4 rings (SSSR count). The third-order valence-corrected chi connectivity index (χ3v) is 4.96. The van der Waals surface area contributed by atoms with Gasteiger partial charge in [0.2, 0.25) is 5.95 Å². The Hall–Kier alpha value is -2.99. The van der Waals surface area contributed by atoms with E-state index in [1.807, 2.05) is 25.1 Å². The van der Waals surface area contributed by atoms with Crippen LogP contribution < -0.4 is 10.6 Å². The van der Waals surface area contributed by atoms with Crippen molar-refractivity contribution >= 4 is 17.5 Å². The lowest BCUT2D eigenvalue weighted by Crippen LogP contribution is -2.38. The minimum absolute atomic E-state index is 0.438. The van der Waals surface area contributed by atoms with Crippen LogP contribution in [0.25, 0.3) is 0 Å². The maximum Gasteiger partial charge on any atom is 0.229 e. The van der Waals surface area contributed by atoms with Crippen molar-refractivity contribution in [1.82, 2.24) is 19.9 Å². The molecule has 3 heterocycles. The van der Waals surface area contributed by atoms with E-state index in [0.717, 1.165) is 49.7 Å². The van der Waals surface area contributed by atoms with Gasteiger partial charge in [-0.2, -0.15) is 4.98 Å². The van der Waals surface area contributed by atoms with Crippen molar-refractivity contribution in [2.45, 2.75) is 32.4 Å². The molecule has 1 aromatic carbocycles. The zero-order valence-electron chi connectivity index (χ0n) is 16.2. The molecule has 0 spiro atoms. The molecule has 2 N–H and O–H groups in total. The summed E-state index contributed by atoms with van der Waals surface area (Å²) in [6, 6.07) is 17.0. The number of rotatable bonds is 6. The number of nitrogens with zero attached hydrogens (tertiary/aromatic N) is 4. The largest absolute Gasteiger partial charge is 0.367 e. The van der Waals surface area contributed by atoms with E-state index in [-0.39, 0.29) is 0 Å². The molecule has 0 unspecified atom stereocenters. The van der Waals surface area contributed by atoms with Gasteiger partial charge in [-0.15, -0.1) is 0 Å². The number of pyridine rings is 1. The van der Waals surface area contributed by atoms with E-state index in [0.29, 0.717) is 12.0 Å².